The van der Waals surface area contributed by atoms with Gasteiger partial charge in [0.2, 0.25) is 0 Å². The van der Waals surface area contributed by atoms with Gasteiger partial charge in [0.25, 0.3) is 0 Å². The molecule has 3 nitrogen and oxygen atoms in total. The van der Waals surface area contributed by atoms with E-state index in [1.165, 1.54) is 0 Å². The summed E-state index contributed by atoms with van der Waals surface area (Å²) < 4.78 is 1.73. The van der Waals surface area contributed by atoms with Crippen molar-refractivity contribution >= 4 is 23.2 Å². The third kappa shape index (κ3) is 3.79. The minimum absolute atomic E-state index is 0.129. The highest BCUT2D eigenvalue weighted by molar-refractivity contribution is 6.33. The zero-order valence-corrected chi connectivity index (χ0v) is 14.2. The van der Waals surface area contributed by atoms with Gasteiger partial charge < -0.3 is 5.11 Å². The molecule has 2 rings (SSSR count). The molecule has 2 aromatic rings. The molecule has 1 unspecified atom stereocenters. The quantitative estimate of drug-likeness (QED) is 0.913. The van der Waals surface area contributed by atoms with Crippen LogP contribution in [0.5, 0.6) is 0 Å². The molecule has 0 aliphatic rings. The lowest BCUT2D eigenvalue weighted by molar-refractivity contribution is 0.176. The lowest BCUT2D eigenvalue weighted by Crippen LogP contribution is -2.17. The summed E-state index contributed by atoms with van der Waals surface area (Å²) in [4.78, 5) is 0. The summed E-state index contributed by atoms with van der Waals surface area (Å²) in [5.41, 5.74) is 2.44. The number of aliphatic hydroxyl groups excluding tert-OH is 1. The van der Waals surface area contributed by atoms with E-state index in [0.29, 0.717) is 16.5 Å². The number of hydrogen-bond donors (Lipinski definition) is 1. The summed E-state index contributed by atoms with van der Waals surface area (Å²) in [6.07, 6.45) is 1.61. The van der Waals surface area contributed by atoms with Gasteiger partial charge in [-0.05, 0) is 23.8 Å². The molecule has 1 N–H and O–H groups in total. The van der Waals surface area contributed by atoms with Crippen molar-refractivity contribution in [3.05, 3.63) is 51.3 Å². The van der Waals surface area contributed by atoms with Gasteiger partial charge in [0, 0.05) is 40.7 Å². The molecular weight excluding hydrogens is 307 g/mol. The van der Waals surface area contributed by atoms with Crippen molar-refractivity contribution in [2.75, 3.05) is 0 Å². The average molecular weight is 327 g/mol. The van der Waals surface area contributed by atoms with E-state index in [-0.39, 0.29) is 5.41 Å². The number of benzene rings is 1. The van der Waals surface area contributed by atoms with Gasteiger partial charge in [-0.15, -0.1) is 0 Å². The molecule has 1 heterocycles. The molecule has 1 aromatic carbocycles. The Kier molecular flexibility index (Phi) is 4.66. The second-order valence-corrected chi connectivity index (χ2v) is 7.16. The Balaban J connectivity index is 2.33. The summed E-state index contributed by atoms with van der Waals surface area (Å²) >= 11 is 12.2. The molecule has 0 aliphatic carbocycles. The number of hydrogen-bond acceptors (Lipinski definition) is 2. The fraction of sp³-hybridized carbons (Fsp3) is 0.438. The Morgan fingerprint density at radius 1 is 1.29 bits per heavy atom. The summed E-state index contributed by atoms with van der Waals surface area (Å²) in [7, 11) is 1.86. The van der Waals surface area contributed by atoms with E-state index in [1.54, 1.807) is 22.9 Å². The molecule has 0 amide bonds. The minimum Gasteiger partial charge on any atom is -0.388 e. The Morgan fingerprint density at radius 3 is 2.57 bits per heavy atom. The first-order valence-electron chi connectivity index (χ1n) is 6.84. The monoisotopic (exact) mass is 326 g/mol. The van der Waals surface area contributed by atoms with Crippen molar-refractivity contribution in [2.24, 2.45) is 7.05 Å². The van der Waals surface area contributed by atoms with Crippen LogP contribution in [0.2, 0.25) is 10.0 Å². The standard InChI is InChI=1S/C16H20Cl2N2O/c1-16(2,3)15-12(9-20(4)19-15)14(21)8-10-7-11(17)5-6-13(10)18/h5-7,9,14,21H,8H2,1-4H3. The van der Waals surface area contributed by atoms with Crippen molar-refractivity contribution < 1.29 is 5.11 Å². The van der Waals surface area contributed by atoms with Crippen molar-refractivity contribution in [3.8, 4) is 0 Å². The molecule has 0 saturated heterocycles. The number of halogens is 2. The maximum absolute atomic E-state index is 10.6. The minimum atomic E-state index is -0.663. The summed E-state index contributed by atoms with van der Waals surface area (Å²) in [5, 5.41) is 16.3. The highest BCUT2D eigenvalue weighted by Gasteiger charge is 2.26. The summed E-state index contributed by atoms with van der Waals surface area (Å²) in [6, 6.07) is 5.28. The van der Waals surface area contributed by atoms with Gasteiger partial charge >= 0.3 is 0 Å². The molecule has 5 heteroatoms. The lowest BCUT2D eigenvalue weighted by atomic mass is 9.87. The van der Waals surface area contributed by atoms with Crippen LogP contribution in [-0.4, -0.2) is 14.9 Å². The van der Waals surface area contributed by atoms with Gasteiger partial charge in [0.05, 0.1) is 11.8 Å². The highest BCUT2D eigenvalue weighted by atomic mass is 35.5. The SMILES string of the molecule is Cn1cc(C(O)Cc2cc(Cl)ccc2Cl)c(C(C)(C)C)n1. The van der Waals surface area contributed by atoms with E-state index < -0.39 is 6.10 Å². The van der Waals surface area contributed by atoms with Gasteiger partial charge in [-0.25, -0.2) is 0 Å². The van der Waals surface area contributed by atoms with E-state index in [1.807, 2.05) is 13.2 Å². The second-order valence-electron chi connectivity index (χ2n) is 6.31. The van der Waals surface area contributed by atoms with Gasteiger partial charge in [0.15, 0.2) is 0 Å². The Hall–Kier alpha value is -1.03. The van der Waals surface area contributed by atoms with Crippen LogP contribution >= 0.6 is 23.2 Å². The zero-order chi connectivity index (χ0) is 15.8. The van der Waals surface area contributed by atoms with Crippen molar-refractivity contribution in [1.29, 1.82) is 0 Å². The van der Waals surface area contributed by atoms with E-state index in [0.717, 1.165) is 16.8 Å². The van der Waals surface area contributed by atoms with Crippen molar-refractivity contribution in [2.45, 2.75) is 38.7 Å². The number of nitrogens with zero attached hydrogens (tertiary/aromatic N) is 2. The normalized spacial score (nSPS) is 13.5. The van der Waals surface area contributed by atoms with Gasteiger partial charge in [-0.1, -0.05) is 44.0 Å². The van der Waals surface area contributed by atoms with Crippen LogP contribution in [0, 0.1) is 0 Å². The van der Waals surface area contributed by atoms with E-state index in [9.17, 15) is 5.11 Å². The summed E-state index contributed by atoms with van der Waals surface area (Å²) in [5.74, 6) is 0. The molecule has 0 aliphatic heterocycles. The van der Waals surface area contributed by atoms with E-state index in [2.05, 4.69) is 25.9 Å². The van der Waals surface area contributed by atoms with Crippen LogP contribution in [0.4, 0.5) is 0 Å². The predicted octanol–water partition coefficient (Wildman–Crippen LogP) is 4.30. The van der Waals surface area contributed by atoms with Crippen LogP contribution in [0.15, 0.2) is 24.4 Å². The highest BCUT2D eigenvalue weighted by Crippen LogP contribution is 2.32. The number of aryl methyl sites for hydroxylation is 1. The maximum atomic E-state index is 10.6. The van der Waals surface area contributed by atoms with E-state index in [4.69, 9.17) is 23.2 Å². The molecule has 21 heavy (non-hydrogen) atoms. The third-order valence-corrected chi connectivity index (χ3v) is 3.95. The predicted molar refractivity (Wildman–Crippen MR) is 87.0 cm³/mol. The van der Waals surface area contributed by atoms with Crippen LogP contribution in [0.25, 0.3) is 0 Å². The van der Waals surface area contributed by atoms with Crippen LogP contribution < -0.4 is 0 Å². The topological polar surface area (TPSA) is 38.0 Å². The first-order valence-corrected chi connectivity index (χ1v) is 7.60. The number of aromatic nitrogens is 2. The van der Waals surface area contributed by atoms with Gasteiger partial charge in [-0.2, -0.15) is 5.10 Å². The fourth-order valence-corrected chi connectivity index (χ4v) is 2.74. The lowest BCUT2D eigenvalue weighted by Gasteiger charge is -2.20. The fourth-order valence-electron chi connectivity index (χ4n) is 2.35. The molecule has 0 spiro atoms. The maximum Gasteiger partial charge on any atom is 0.0864 e. The second kappa shape index (κ2) is 5.99. The average Bonchev–Trinajstić information content (AvgIpc) is 2.76. The zero-order valence-electron chi connectivity index (χ0n) is 12.7. The van der Waals surface area contributed by atoms with Gasteiger partial charge in [-0.3, -0.25) is 4.68 Å². The molecule has 1 atom stereocenters. The molecule has 114 valence electrons. The molecular formula is C16H20Cl2N2O. The molecule has 0 bridgehead atoms. The Bertz CT molecular complexity index is 644. The molecule has 1 aromatic heterocycles. The first-order chi connectivity index (χ1) is 9.68. The third-order valence-electron chi connectivity index (χ3n) is 3.35. The smallest absolute Gasteiger partial charge is 0.0864 e. The molecule has 0 fully saturated rings. The number of aliphatic hydroxyl groups is 1. The first kappa shape index (κ1) is 16.3. The van der Waals surface area contributed by atoms with E-state index >= 15 is 0 Å². The van der Waals surface area contributed by atoms with Crippen molar-refractivity contribution in [1.82, 2.24) is 9.78 Å². The number of rotatable bonds is 3. The van der Waals surface area contributed by atoms with Gasteiger partial charge in [0.1, 0.15) is 0 Å². The van der Waals surface area contributed by atoms with Crippen LogP contribution in [0.3, 0.4) is 0 Å². The van der Waals surface area contributed by atoms with Crippen LogP contribution in [-0.2, 0) is 18.9 Å². The molecule has 0 saturated carbocycles. The summed E-state index contributed by atoms with van der Waals surface area (Å²) in [6.45, 7) is 6.24. The Labute approximate surface area is 135 Å². The molecule has 0 radical (unpaired) electrons. The van der Waals surface area contributed by atoms with Crippen LogP contribution in [0.1, 0.15) is 43.7 Å². The Morgan fingerprint density at radius 2 is 1.95 bits per heavy atom. The van der Waals surface area contributed by atoms with Crippen molar-refractivity contribution in [3.63, 3.8) is 0 Å². The largest absolute Gasteiger partial charge is 0.388 e.